The van der Waals surface area contributed by atoms with Gasteiger partial charge in [-0.15, -0.1) is 0 Å². The van der Waals surface area contributed by atoms with Crippen molar-refractivity contribution in [1.82, 2.24) is 15.6 Å². The second-order valence-electron chi connectivity index (χ2n) is 5.47. The average Bonchev–Trinajstić information content (AvgIpc) is 2.94. The fraction of sp³-hybridized carbons (Fsp3) is 0.857. The highest BCUT2D eigenvalue weighted by Crippen LogP contribution is 2.34. The first-order valence-corrected chi connectivity index (χ1v) is 7.34. The first-order valence-electron chi connectivity index (χ1n) is 7.34. The van der Waals surface area contributed by atoms with Gasteiger partial charge in [0.05, 0.1) is 5.27 Å². The molecule has 0 aliphatic carbocycles. The van der Waals surface area contributed by atoms with E-state index in [4.69, 9.17) is 4.52 Å². The van der Waals surface area contributed by atoms with Gasteiger partial charge in [0.2, 0.25) is 5.78 Å². The Balaban J connectivity index is 2.65. The average molecular weight is 267 g/mol. The Morgan fingerprint density at radius 1 is 1.11 bits per heavy atom. The van der Waals surface area contributed by atoms with Gasteiger partial charge in [0.25, 0.3) is 0 Å². The molecule has 0 fully saturated rings. The van der Waals surface area contributed by atoms with Crippen molar-refractivity contribution in [1.29, 1.82) is 0 Å². The summed E-state index contributed by atoms with van der Waals surface area (Å²) in [7, 11) is 0. The number of unbranched alkanes of at least 4 members (excludes halogenated alkanes) is 4. The van der Waals surface area contributed by atoms with Crippen LogP contribution in [0.15, 0.2) is 4.52 Å². The summed E-state index contributed by atoms with van der Waals surface area (Å²) in [5, 5.41) is 10.3. The maximum atomic E-state index is 12.5. The number of carbonyl (C=O) groups is 1. The van der Waals surface area contributed by atoms with Crippen LogP contribution in [0.1, 0.15) is 82.8 Å². The van der Waals surface area contributed by atoms with E-state index in [1.807, 2.05) is 6.92 Å². The molecule has 108 valence electrons. The van der Waals surface area contributed by atoms with Crippen LogP contribution < -0.4 is 0 Å². The standard InChI is InChI=1S/C14H25N3O2/c1-4-6-8-9-11-14(3,10-7-5-2)12(18)13-15-16-17-19-13/h4-11H2,1-3H3. The van der Waals surface area contributed by atoms with Crippen LogP contribution in [0.2, 0.25) is 0 Å². The topological polar surface area (TPSA) is 68.9 Å². The molecule has 0 radical (unpaired) electrons. The van der Waals surface area contributed by atoms with Gasteiger partial charge in [0.15, 0.2) is 0 Å². The Morgan fingerprint density at radius 2 is 1.79 bits per heavy atom. The molecule has 19 heavy (non-hydrogen) atoms. The largest absolute Gasteiger partial charge is 0.314 e. The summed E-state index contributed by atoms with van der Waals surface area (Å²) in [5.41, 5.74) is -0.391. The van der Waals surface area contributed by atoms with Crippen molar-refractivity contribution in [2.24, 2.45) is 5.41 Å². The van der Waals surface area contributed by atoms with E-state index in [-0.39, 0.29) is 11.7 Å². The molecule has 1 rings (SSSR count). The highest BCUT2D eigenvalue weighted by atomic mass is 16.5. The fourth-order valence-electron chi connectivity index (χ4n) is 2.34. The van der Waals surface area contributed by atoms with Crippen molar-refractivity contribution in [2.45, 2.75) is 72.1 Å². The normalized spacial score (nSPS) is 14.3. The summed E-state index contributed by atoms with van der Waals surface area (Å²) >= 11 is 0. The number of ketones is 1. The molecule has 0 aliphatic rings. The molecular weight excluding hydrogens is 242 g/mol. The van der Waals surface area contributed by atoms with Gasteiger partial charge in [-0.3, -0.25) is 4.79 Å². The molecule has 5 nitrogen and oxygen atoms in total. The highest BCUT2D eigenvalue weighted by molar-refractivity contribution is 5.96. The maximum absolute atomic E-state index is 12.5. The number of hydrogen-bond acceptors (Lipinski definition) is 5. The van der Waals surface area contributed by atoms with E-state index in [2.05, 4.69) is 29.4 Å². The molecule has 0 saturated heterocycles. The van der Waals surface area contributed by atoms with Gasteiger partial charge >= 0.3 is 5.89 Å². The zero-order valence-electron chi connectivity index (χ0n) is 12.3. The summed E-state index contributed by atoms with van der Waals surface area (Å²) in [6.07, 6.45) is 8.55. The lowest BCUT2D eigenvalue weighted by Crippen LogP contribution is -2.28. The van der Waals surface area contributed by atoms with Crippen LogP contribution in [0.25, 0.3) is 0 Å². The predicted octanol–water partition coefficient (Wildman–Crippen LogP) is 3.81. The summed E-state index contributed by atoms with van der Waals surface area (Å²) in [6, 6.07) is 0. The highest BCUT2D eigenvalue weighted by Gasteiger charge is 2.36. The zero-order valence-corrected chi connectivity index (χ0v) is 12.3. The lowest BCUT2D eigenvalue weighted by Gasteiger charge is -2.26. The van der Waals surface area contributed by atoms with Gasteiger partial charge in [0.1, 0.15) is 0 Å². The van der Waals surface area contributed by atoms with E-state index < -0.39 is 5.41 Å². The third-order valence-electron chi connectivity index (χ3n) is 3.71. The molecule has 5 heteroatoms. The summed E-state index contributed by atoms with van der Waals surface area (Å²) in [4.78, 5) is 12.5. The molecule has 1 aromatic heterocycles. The van der Waals surface area contributed by atoms with Crippen molar-refractivity contribution in [3.05, 3.63) is 5.89 Å². The van der Waals surface area contributed by atoms with Crippen LogP contribution in [0.3, 0.4) is 0 Å². The van der Waals surface area contributed by atoms with Crippen LogP contribution in [0.5, 0.6) is 0 Å². The molecule has 0 bridgehead atoms. The molecule has 1 unspecified atom stereocenters. The van der Waals surface area contributed by atoms with E-state index in [0.29, 0.717) is 0 Å². The molecular formula is C14H25N3O2. The van der Waals surface area contributed by atoms with Crippen molar-refractivity contribution in [3.63, 3.8) is 0 Å². The van der Waals surface area contributed by atoms with Crippen molar-refractivity contribution >= 4 is 5.78 Å². The minimum Gasteiger partial charge on any atom is -0.312 e. The van der Waals surface area contributed by atoms with E-state index in [1.165, 1.54) is 19.3 Å². The molecule has 0 aromatic carbocycles. The zero-order chi connectivity index (χ0) is 14.1. The minimum absolute atomic E-state index is 0.0501. The maximum Gasteiger partial charge on any atom is 0.314 e. The van der Waals surface area contributed by atoms with E-state index in [9.17, 15) is 4.79 Å². The Labute approximate surface area is 115 Å². The Morgan fingerprint density at radius 3 is 2.37 bits per heavy atom. The molecule has 0 amide bonds. The number of nitrogens with zero attached hydrogens (tertiary/aromatic N) is 3. The molecule has 1 heterocycles. The van der Waals surface area contributed by atoms with Gasteiger partial charge in [0, 0.05) is 5.41 Å². The molecule has 1 atom stereocenters. The van der Waals surface area contributed by atoms with Gasteiger partial charge in [-0.05, 0) is 18.1 Å². The van der Waals surface area contributed by atoms with E-state index in [1.54, 1.807) is 0 Å². The van der Waals surface area contributed by atoms with Crippen molar-refractivity contribution in [3.8, 4) is 0 Å². The van der Waals surface area contributed by atoms with Gasteiger partial charge in [-0.2, -0.15) is 0 Å². The van der Waals surface area contributed by atoms with Crippen LogP contribution in [-0.2, 0) is 0 Å². The Kier molecular flexibility index (Phi) is 6.67. The molecule has 0 saturated carbocycles. The first-order chi connectivity index (χ1) is 9.14. The number of rotatable bonds is 10. The van der Waals surface area contributed by atoms with Crippen molar-refractivity contribution in [2.75, 3.05) is 0 Å². The molecule has 1 aromatic rings. The third-order valence-corrected chi connectivity index (χ3v) is 3.71. The van der Waals surface area contributed by atoms with E-state index in [0.717, 1.165) is 32.1 Å². The SMILES string of the molecule is CCCCCCC(C)(CCCC)C(=O)c1nnno1. The molecule has 0 N–H and O–H groups in total. The lowest BCUT2D eigenvalue weighted by atomic mass is 9.76. The number of Topliss-reactive ketones (excluding diaryl/α,β-unsaturated/α-hetero) is 1. The fourth-order valence-corrected chi connectivity index (χ4v) is 2.34. The number of hydrogen-bond donors (Lipinski definition) is 0. The summed E-state index contributed by atoms with van der Waals surface area (Å²) < 4.78 is 4.83. The smallest absolute Gasteiger partial charge is 0.312 e. The summed E-state index contributed by atoms with van der Waals surface area (Å²) in [5.74, 6) is -0.00320. The second kappa shape index (κ2) is 8.02. The molecule has 0 spiro atoms. The second-order valence-corrected chi connectivity index (χ2v) is 5.47. The lowest BCUT2D eigenvalue weighted by molar-refractivity contribution is 0.0729. The minimum atomic E-state index is -0.391. The monoisotopic (exact) mass is 267 g/mol. The predicted molar refractivity (Wildman–Crippen MR) is 72.8 cm³/mol. The summed E-state index contributed by atoms with van der Waals surface area (Å²) in [6.45, 7) is 6.34. The van der Waals surface area contributed by atoms with E-state index >= 15 is 0 Å². The van der Waals surface area contributed by atoms with Crippen LogP contribution in [0, 0.1) is 5.41 Å². The third kappa shape index (κ3) is 4.73. The van der Waals surface area contributed by atoms with Crippen LogP contribution >= 0.6 is 0 Å². The number of aromatic nitrogens is 3. The molecule has 0 aliphatic heterocycles. The van der Waals surface area contributed by atoms with Crippen LogP contribution in [-0.4, -0.2) is 21.4 Å². The van der Waals surface area contributed by atoms with Crippen LogP contribution in [0.4, 0.5) is 0 Å². The first kappa shape index (κ1) is 15.8. The van der Waals surface area contributed by atoms with Crippen molar-refractivity contribution < 1.29 is 9.32 Å². The van der Waals surface area contributed by atoms with Gasteiger partial charge in [-0.1, -0.05) is 64.4 Å². The van der Waals surface area contributed by atoms with Gasteiger partial charge in [-0.25, -0.2) is 0 Å². The number of carbonyl (C=O) groups excluding carboxylic acids is 1. The Hall–Kier alpha value is -1.26. The van der Waals surface area contributed by atoms with Gasteiger partial charge < -0.3 is 4.52 Å². The Bertz CT molecular complexity index is 365. The quantitative estimate of drug-likeness (QED) is 0.476.